The minimum absolute atomic E-state index is 0.193. The Morgan fingerprint density at radius 3 is 2.43 bits per heavy atom. The Bertz CT molecular complexity index is 198. The largest absolute Gasteiger partial charge is 0.389 e. The van der Waals surface area contributed by atoms with Gasteiger partial charge in [-0.15, -0.1) is 0 Å². The molecule has 0 saturated heterocycles. The highest BCUT2D eigenvalue weighted by Gasteiger charge is 2.42. The first-order chi connectivity index (χ1) is 6.31. The van der Waals surface area contributed by atoms with E-state index in [0.717, 1.165) is 25.7 Å². The van der Waals surface area contributed by atoms with Crippen molar-refractivity contribution in [2.75, 3.05) is 7.05 Å². The maximum absolute atomic E-state index is 10.2. The molecule has 2 heteroatoms. The van der Waals surface area contributed by atoms with E-state index in [1.54, 1.807) is 0 Å². The van der Waals surface area contributed by atoms with E-state index in [9.17, 15) is 5.11 Å². The molecule has 1 rings (SSSR count). The molecule has 0 aromatic rings. The molecule has 1 fully saturated rings. The lowest BCUT2D eigenvalue weighted by Crippen LogP contribution is -2.54. The van der Waals surface area contributed by atoms with Crippen LogP contribution in [-0.2, 0) is 0 Å². The van der Waals surface area contributed by atoms with Gasteiger partial charge in [0.1, 0.15) is 0 Å². The Hall–Kier alpha value is -0.0800. The van der Waals surface area contributed by atoms with Crippen molar-refractivity contribution in [3.8, 4) is 0 Å². The standard InChI is InChI=1S/C12H25NO/c1-6-11(2,3)13(5)10-8-7-9-12(10,4)14/h10,14H,6-9H2,1-5H3. The van der Waals surface area contributed by atoms with E-state index in [1.807, 2.05) is 6.92 Å². The summed E-state index contributed by atoms with van der Waals surface area (Å²) >= 11 is 0. The molecule has 0 amide bonds. The van der Waals surface area contributed by atoms with Crippen molar-refractivity contribution < 1.29 is 5.11 Å². The summed E-state index contributed by atoms with van der Waals surface area (Å²) in [5.41, 5.74) is -0.291. The number of aliphatic hydroxyl groups is 1. The number of nitrogens with zero attached hydrogens (tertiary/aromatic N) is 1. The normalized spacial score (nSPS) is 34.1. The summed E-state index contributed by atoms with van der Waals surface area (Å²) in [7, 11) is 2.15. The molecular weight excluding hydrogens is 174 g/mol. The summed E-state index contributed by atoms with van der Waals surface area (Å²) in [6.45, 7) is 8.69. The highest BCUT2D eigenvalue weighted by molar-refractivity contribution is 4.98. The van der Waals surface area contributed by atoms with Gasteiger partial charge >= 0.3 is 0 Å². The van der Waals surface area contributed by atoms with Gasteiger partial charge in [0.2, 0.25) is 0 Å². The van der Waals surface area contributed by atoms with Crippen LogP contribution in [0.5, 0.6) is 0 Å². The Kier molecular flexibility index (Phi) is 3.27. The van der Waals surface area contributed by atoms with Crippen LogP contribution in [0.25, 0.3) is 0 Å². The van der Waals surface area contributed by atoms with Crippen molar-refractivity contribution in [3.63, 3.8) is 0 Å². The fraction of sp³-hybridized carbons (Fsp3) is 1.00. The predicted octanol–water partition coefficient (Wildman–Crippen LogP) is 2.41. The monoisotopic (exact) mass is 199 g/mol. The molecule has 2 atom stereocenters. The Balaban J connectivity index is 2.74. The van der Waals surface area contributed by atoms with Gasteiger partial charge in [-0.05, 0) is 53.5 Å². The van der Waals surface area contributed by atoms with E-state index in [0.29, 0.717) is 6.04 Å². The molecule has 0 aromatic heterocycles. The molecule has 1 aliphatic carbocycles. The minimum Gasteiger partial charge on any atom is -0.389 e. The van der Waals surface area contributed by atoms with Crippen LogP contribution in [-0.4, -0.2) is 34.2 Å². The molecule has 2 nitrogen and oxygen atoms in total. The molecule has 1 aliphatic rings. The zero-order chi connectivity index (χ0) is 11.0. The van der Waals surface area contributed by atoms with E-state index in [2.05, 4.69) is 32.7 Å². The highest BCUT2D eigenvalue weighted by Crippen LogP contribution is 2.36. The van der Waals surface area contributed by atoms with Crippen molar-refractivity contribution in [1.82, 2.24) is 4.90 Å². The number of hydrogen-bond donors (Lipinski definition) is 1. The molecule has 14 heavy (non-hydrogen) atoms. The van der Waals surface area contributed by atoms with E-state index in [4.69, 9.17) is 0 Å². The fourth-order valence-corrected chi connectivity index (χ4v) is 2.41. The second-order valence-electron chi connectivity index (χ2n) is 5.54. The molecular formula is C12H25NO. The summed E-state index contributed by atoms with van der Waals surface area (Å²) in [6, 6.07) is 0.331. The van der Waals surface area contributed by atoms with Gasteiger partial charge in [-0.2, -0.15) is 0 Å². The van der Waals surface area contributed by atoms with Crippen molar-refractivity contribution in [3.05, 3.63) is 0 Å². The van der Waals surface area contributed by atoms with Crippen molar-refractivity contribution >= 4 is 0 Å². The summed E-state index contributed by atoms with van der Waals surface area (Å²) in [5.74, 6) is 0. The summed E-state index contributed by atoms with van der Waals surface area (Å²) < 4.78 is 0. The van der Waals surface area contributed by atoms with Crippen LogP contribution >= 0.6 is 0 Å². The van der Waals surface area contributed by atoms with Crippen LogP contribution in [0.4, 0.5) is 0 Å². The van der Waals surface area contributed by atoms with Crippen molar-refractivity contribution in [1.29, 1.82) is 0 Å². The van der Waals surface area contributed by atoms with Gasteiger partial charge < -0.3 is 5.11 Å². The molecule has 0 bridgehead atoms. The van der Waals surface area contributed by atoms with Gasteiger partial charge in [-0.25, -0.2) is 0 Å². The van der Waals surface area contributed by atoms with Gasteiger partial charge in [0, 0.05) is 11.6 Å². The summed E-state index contributed by atoms with van der Waals surface area (Å²) in [5, 5.41) is 10.2. The molecule has 84 valence electrons. The Labute approximate surface area is 88.3 Å². The third-order valence-corrected chi connectivity index (χ3v) is 4.17. The minimum atomic E-state index is -0.485. The van der Waals surface area contributed by atoms with Crippen LogP contribution in [0.3, 0.4) is 0 Å². The van der Waals surface area contributed by atoms with Gasteiger partial charge in [0.15, 0.2) is 0 Å². The first kappa shape index (κ1) is 12.0. The maximum atomic E-state index is 10.2. The van der Waals surface area contributed by atoms with Gasteiger partial charge in [-0.3, -0.25) is 4.90 Å². The van der Waals surface area contributed by atoms with Gasteiger partial charge in [-0.1, -0.05) is 6.92 Å². The molecule has 0 radical (unpaired) electrons. The molecule has 0 aromatic carbocycles. The van der Waals surface area contributed by atoms with E-state index in [-0.39, 0.29) is 5.54 Å². The quantitative estimate of drug-likeness (QED) is 0.754. The maximum Gasteiger partial charge on any atom is 0.0774 e. The second kappa shape index (κ2) is 3.82. The molecule has 0 spiro atoms. The van der Waals surface area contributed by atoms with E-state index >= 15 is 0 Å². The molecule has 1 saturated carbocycles. The predicted molar refractivity (Wildman–Crippen MR) is 60.4 cm³/mol. The average Bonchev–Trinajstić information content (AvgIpc) is 2.44. The molecule has 2 unspecified atom stereocenters. The van der Waals surface area contributed by atoms with Crippen molar-refractivity contribution in [2.24, 2.45) is 0 Å². The Morgan fingerprint density at radius 2 is 2.07 bits per heavy atom. The lowest BCUT2D eigenvalue weighted by atomic mass is 9.92. The molecule has 0 heterocycles. The van der Waals surface area contributed by atoms with Gasteiger partial charge in [0.05, 0.1) is 5.60 Å². The third kappa shape index (κ3) is 2.12. The van der Waals surface area contributed by atoms with Crippen LogP contribution < -0.4 is 0 Å². The highest BCUT2D eigenvalue weighted by atomic mass is 16.3. The Morgan fingerprint density at radius 1 is 1.50 bits per heavy atom. The SMILES string of the molecule is CCC(C)(C)N(C)C1CCCC1(C)O. The summed E-state index contributed by atoms with van der Waals surface area (Å²) in [6.07, 6.45) is 4.35. The van der Waals surface area contributed by atoms with Crippen LogP contribution in [0.2, 0.25) is 0 Å². The van der Waals surface area contributed by atoms with Crippen LogP contribution in [0, 0.1) is 0 Å². The second-order valence-corrected chi connectivity index (χ2v) is 5.54. The van der Waals surface area contributed by atoms with Crippen molar-refractivity contribution in [2.45, 2.75) is 70.6 Å². The average molecular weight is 199 g/mol. The topological polar surface area (TPSA) is 23.5 Å². The molecule has 0 aliphatic heterocycles. The lowest BCUT2D eigenvalue weighted by Gasteiger charge is -2.43. The fourth-order valence-electron chi connectivity index (χ4n) is 2.41. The lowest BCUT2D eigenvalue weighted by molar-refractivity contribution is -0.0381. The molecule has 1 N–H and O–H groups in total. The first-order valence-corrected chi connectivity index (χ1v) is 5.76. The smallest absolute Gasteiger partial charge is 0.0774 e. The zero-order valence-electron chi connectivity index (χ0n) is 10.3. The van der Waals surface area contributed by atoms with E-state index in [1.165, 1.54) is 0 Å². The van der Waals surface area contributed by atoms with E-state index < -0.39 is 5.60 Å². The van der Waals surface area contributed by atoms with Crippen LogP contribution in [0.1, 0.15) is 53.4 Å². The van der Waals surface area contributed by atoms with Gasteiger partial charge in [0.25, 0.3) is 0 Å². The zero-order valence-corrected chi connectivity index (χ0v) is 10.3. The first-order valence-electron chi connectivity index (χ1n) is 5.76. The number of rotatable bonds is 3. The number of hydrogen-bond acceptors (Lipinski definition) is 2. The van der Waals surface area contributed by atoms with Crippen LogP contribution in [0.15, 0.2) is 0 Å². The summed E-state index contributed by atoms with van der Waals surface area (Å²) in [4.78, 5) is 2.36. The third-order valence-electron chi connectivity index (χ3n) is 4.17. The number of likely N-dealkylation sites (N-methyl/N-ethyl adjacent to an activating group) is 1.